The average Bonchev–Trinajstić information content (AvgIpc) is 2.91. The highest BCUT2D eigenvalue weighted by molar-refractivity contribution is 7.89. The Labute approximate surface area is 122 Å². The molecule has 0 unspecified atom stereocenters. The largest absolute Gasteiger partial charge is 0.495 e. The molecule has 0 saturated carbocycles. The Hall–Kier alpha value is -1.57. The average molecular weight is 312 g/mol. The summed E-state index contributed by atoms with van der Waals surface area (Å²) in [5.74, 6) is 0.461. The second kappa shape index (κ2) is 6.25. The predicted molar refractivity (Wildman–Crippen MR) is 80.6 cm³/mol. The molecular formula is C13H16N2O3S2. The number of rotatable bonds is 6. The number of hydrogen-bond acceptors (Lipinski definition) is 5. The summed E-state index contributed by atoms with van der Waals surface area (Å²) in [6.45, 7) is 0.356. The molecule has 1 aromatic carbocycles. The van der Waals surface area contributed by atoms with Crippen LogP contribution in [-0.2, 0) is 16.4 Å². The summed E-state index contributed by atoms with van der Waals surface area (Å²) in [4.78, 5) is 1.28. The maximum absolute atomic E-state index is 12.1. The van der Waals surface area contributed by atoms with Crippen molar-refractivity contribution in [1.29, 1.82) is 0 Å². The molecule has 0 saturated heterocycles. The maximum Gasteiger partial charge on any atom is 0.240 e. The van der Waals surface area contributed by atoms with Crippen molar-refractivity contribution in [2.45, 2.75) is 11.3 Å². The van der Waals surface area contributed by atoms with E-state index < -0.39 is 10.0 Å². The Bertz CT molecular complexity index is 667. The van der Waals surface area contributed by atoms with Crippen LogP contribution in [-0.4, -0.2) is 22.1 Å². The van der Waals surface area contributed by atoms with Gasteiger partial charge in [0.1, 0.15) is 5.75 Å². The summed E-state index contributed by atoms with van der Waals surface area (Å²) < 4.78 is 31.8. The van der Waals surface area contributed by atoms with Crippen molar-refractivity contribution in [2.24, 2.45) is 0 Å². The predicted octanol–water partition coefficient (Wildman–Crippen LogP) is 1.86. The van der Waals surface area contributed by atoms with Gasteiger partial charge in [-0.3, -0.25) is 0 Å². The molecule has 0 amide bonds. The van der Waals surface area contributed by atoms with Crippen molar-refractivity contribution in [3.05, 3.63) is 40.6 Å². The Kier molecular flexibility index (Phi) is 4.64. The number of nitrogens with one attached hydrogen (secondary N) is 1. The van der Waals surface area contributed by atoms with Crippen molar-refractivity contribution in [1.82, 2.24) is 4.72 Å². The second-order valence-corrected chi connectivity index (χ2v) is 6.93. The lowest BCUT2D eigenvalue weighted by Crippen LogP contribution is -2.25. The van der Waals surface area contributed by atoms with E-state index in [1.54, 1.807) is 17.4 Å². The van der Waals surface area contributed by atoms with Gasteiger partial charge in [0, 0.05) is 11.4 Å². The lowest BCUT2D eigenvalue weighted by Gasteiger charge is -2.09. The summed E-state index contributed by atoms with van der Waals surface area (Å²) in [5, 5.41) is 1.97. The van der Waals surface area contributed by atoms with Crippen LogP contribution in [0.5, 0.6) is 5.75 Å². The first-order chi connectivity index (χ1) is 9.53. The summed E-state index contributed by atoms with van der Waals surface area (Å²) in [5.41, 5.74) is 6.02. The fraction of sp³-hybridized carbons (Fsp3) is 0.231. The standard InChI is InChI=1S/C13H16N2O3S2/c1-18-13-5-4-11(9-12(13)14)20(16,17)15-7-6-10-3-2-8-19-10/h2-5,8-9,15H,6-7,14H2,1H3. The smallest absolute Gasteiger partial charge is 0.240 e. The molecular weight excluding hydrogens is 296 g/mol. The van der Waals surface area contributed by atoms with Crippen molar-refractivity contribution in [3.8, 4) is 5.75 Å². The molecule has 0 bridgehead atoms. The van der Waals surface area contributed by atoms with Gasteiger partial charge in [-0.25, -0.2) is 13.1 Å². The molecule has 0 aliphatic heterocycles. The summed E-state index contributed by atoms with van der Waals surface area (Å²) >= 11 is 1.61. The molecule has 0 spiro atoms. The maximum atomic E-state index is 12.1. The van der Waals surface area contributed by atoms with Crippen LogP contribution in [0.15, 0.2) is 40.6 Å². The van der Waals surface area contributed by atoms with Gasteiger partial charge >= 0.3 is 0 Å². The Balaban J connectivity index is 2.04. The molecule has 2 rings (SSSR count). The molecule has 5 nitrogen and oxygen atoms in total. The van der Waals surface area contributed by atoms with Gasteiger partial charge in [0.2, 0.25) is 10.0 Å². The number of hydrogen-bond donors (Lipinski definition) is 2. The number of anilines is 1. The van der Waals surface area contributed by atoms with Gasteiger partial charge < -0.3 is 10.5 Å². The third kappa shape index (κ3) is 3.50. The van der Waals surface area contributed by atoms with Crippen LogP contribution in [0.1, 0.15) is 4.88 Å². The van der Waals surface area contributed by atoms with E-state index in [4.69, 9.17) is 10.5 Å². The summed E-state index contributed by atoms with van der Waals surface area (Å²) in [7, 11) is -2.06. The fourth-order valence-electron chi connectivity index (χ4n) is 1.73. The first-order valence-corrected chi connectivity index (χ1v) is 8.35. The molecule has 0 aliphatic rings. The Morgan fingerprint density at radius 3 is 2.75 bits per heavy atom. The molecule has 2 aromatic rings. The third-order valence-corrected chi connectivity index (χ3v) is 5.15. The normalized spacial score (nSPS) is 11.4. The quantitative estimate of drug-likeness (QED) is 0.798. The molecule has 20 heavy (non-hydrogen) atoms. The van der Waals surface area contributed by atoms with Crippen LogP contribution in [0.25, 0.3) is 0 Å². The molecule has 1 aromatic heterocycles. The highest BCUT2D eigenvalue weighted by atomic mass is 32.2. The number of benzene rings is 1. The lowest BCUT2D eigenvalue weighted by atomic mass is 10.3. The number of thiophene rings is 1. The van der Waals surface area contributed by atoms with Gasteiger partial charge in [-0.15, -0.1) is 11.3 Å². The topological polar surface area (TPSA) is 81.4 Å². The fourth-order valence-corrected chi connectivity index (χ4v) is 3.50. The lowest BCUT2D eigenvalue weighted by molar-refractivity contribution is 0.416. The van der Waals surface area contributed by atoms with E-state index in [1.807, 2.05) is 17.5 Å². The zero-order valence-corrected chi connectivity index (χ0v) is 12.6. The first-order valence-electron chi connectivity index (χ1n) is 5.98. The molecule has 0 radical (unpaired) electrons. The highest BCUT2D eigenvalue weighted by Gasteiger charge is 2.15. The van der Waals surface area contributed by atoms with E-state index in [-0.39, 0.29) is 4.90 Å². The minimum absolute atomic E-state index is 0.141. The third-order valence-electron chi connectivity index (χ3n) is 2.76. The number of methoxy groups -OCH3 is 1. The number of ether oxygens (including phenoxy) is 1. The van der Waals surface area contributed by atoms with Gasteiger partial charge in [-0.1, -0.05) is 6.07 Å². The number of sulfonamides is 1. The van der Waals surface area contributed by atoms with E-state index >= 15 is 0 Å². The van der Waals surface area contributed by atoms with E-state index in [1.165, 1.54) is 19.2 Å². The van der Waals surface area contributed by atoms with Crippen LogP contribution < -0.4 is 15.2 Å². The zero-order chi connectivity index (χ0) is 14.6. The van der Waals surface area contributed by atoms with Crippen LogP contribution in [0.3, 0.4) is 0 Å². The van der Waals surface area contributed by atoms with Crippen LogP contribution in [0.4, 0.5) is 5.69 Å². The Morgan fingerprint density at radius 1 is 1.35 bits per heavy atom. The first kappa shape index (κ1) is 14.8. The van der Waals surface area contributed by atoms with Crippen LogP contribution >= 0.6 is 11.3 Å². The van der Waals surface area contributed by atoms with Crippen molar-refractivity contribution >= 4 is 27.0 Å². The molecule has 7 heteroatoms. The number of nitrogen functional groups attached to an aromatic ring is 1. The number of nitrogens with two attached hydrogens (primary N) is 1. The van der Waals surface area contributed by atoms with Gasteiger partial charge in [0.05, 0.1) is 17.7 Å². The monoisotopic (exact) mass is 312 g/mol. The van der Waals surface area contributed by atoms with Gasteiger partial charge in [0.15, 0.2) is 0 Å². The van der Waals surface area contributed by atoms with E-state index in [9.17, 15) is 8.42 Å². The van der Waals surface area contributed by atoms with Crippen molar-refractivity contribution < 1.29 is 13.2 Å². The second-order valence-electron chi connectivity index (χ2n) is 4.13. The molecule has 0 aliphatic carbocycles. The molecule has 108 valence electrons. The van der Waals surface area contributed by atoms with Crippen molar-refractivity contribution in [2.75, 3.05) is 19.4 Å². The molecule has 0 atom stereocenters. The van der Waals surface area contributed by atoms with E-state index in [0.717, 1.165) is 4.88 Å². The summed E-state index contributed by atoms with van der Waals surface area (Å²) in [6.07, 6.45) is 0.669. The van der Waals surface area contributed by atoms with Gasteiger partial charge in [-0.05, 0) is 36.1 Å². The Morgan fingerprint density at radius 2 is 2.15 bits per heavy atom. The van der Waals surface area contributed by atoms with E-state index in [2.05, 4.69) is 4.72 Å². The molecule has 3 N–H and O–H groups in total. The summed E-state index contributed by atoms with van der Waals surface area (Å²) in [6, 6.07) is 8.33. The van der Waals surface area contributed by atoms with Gasteiger partial charge in [-0.2, -0.15) is 0 Å². The van der Waals surface area contributed by atoms with Gasteiger partial charge in [0.25, 0.3) is 0 Å². The van der Waals surface area contributed by atoms with E-state index in [0.29, 0.717) is 24.4 Å². The van der Waals surface area contributed by atoms with Crippen molar-refractivity contribution in [3.63, 3.8) is 0 Å². The molecule has 1 heterocycles. The minimum atomic E-state index is -3.54. The van der Waals surface area contributed by atoms with Crippen LogP contribution in [0.2, 0.25) is 0 Å². The SMILES string of the molecule is COc1ccc(S(=O)(=O)NCCc2cccs2)cc1N. The minimum Gasteiger partial charge on any atom is -0.495 e. The molecule has 0 fully saturated rings. The highest BCUT2D eigenvalue weighted by Crippen LogP contribution is 2.24. The zero-order valence-electron chi connectivity index (χ0n) is 11.0. The van der Waals surface area contributed by atoms with Crippen LogP contribution in [0, 0.1) is 0 Å².